The Labute approximate surface area is 169 Å². The Morgan fingerprint density at radius 2 is 2.17 bits per heavy atom. The summed E-state index contributed by atoms with van der Waals surface area (Å²) in [5, 5.41) is 11.6. The molecule has 152 valence electrons. The average molecular weight is 394 g/mol. The van der Waals surface area contributed by atoms with Gasteiger partial charge in [-0.25, -0.2) is 0 Å². The van der Waals surface area contributed by atoms with Crippen molar-refractivity contribution >= 4 is 5.91 Å². The minimum absolute atomic E-state index is 0.144. The van der Waals surface area contributed by atoms with Crippen LogP contribution in [0, 0.1) is 6.92 Å². The number of likely N-dealkylation sites (tertiary alicyclic amines) is 1. The average Bonchev–Trinajstić information content (AvgIpc) is 3.37. The molecule has 1 aliphatic rings. The molecule has 1 N–H and O–H groups in total. The maximum atomic E-state index is 12.6. The van der Waals surface area contributed by atoms with Gasteiger partial charge in [-0.3, -0.25) is 19.4 Å². The maximum Gasteiger partial charge on any atom is 0.290 e. The molecule has 0 spiro atoms. The number of hydrogen-bond donors (Lipinski definition) is 1. The van der Waals surface area contributed by atoms with Crippen molar-refractivity contribution in [1.29, 1.82) is 0 Å². The molecule has 4 heterocycles. The molecule has 8 nitrogen and oxygen atoms in total. The van der Waals surface area contributed by atoms with E-state index < -0.39 is 0 Å². The molecule has 3 aromatic heterocycles. The summed E-state index contributed by atoms with van der Waals surface area (Å²) in [6.45, 7) is 7.51. The van der Waals surface area contributed by atoms with Crippen molar-refractivity contribution in [2.45, 2.75) is 45.8 Å². The van der Waals surface area contributed by atoms with Gasteiger partial charge in [-0.05, 0) is 38.3 Å². The minimum Gasteiger partial charge on any atom is -0.350 e. The van der Waals surface area contributed by atoms with E-state index in [1.807, 2.05) is 37.0 Å². The highest BCUT2D eigenvalue weighted by Gasteiger charge is 2.23. The van der Waals surface area contributed by atoms with Gasteiger partial charge in [0.2, 0.25) is 5.76 Å². The lowest BCUT2D eigenvalue weighted by atomic mass is 10.0. The van der Waals surface area contributed by atoms with E-state index in [4.69, 9.17) is 4.52 Å². The molecular weight excluding hydrogens is 368 g/mol. The number of amides is 1. The van der Waals surface area contributed by atoms with E-state index in [1.54, 1.807) is 12.3 Å². The topological polar surface area (TPSA) is 89.1 Å². The van der Waals surface area contributed by atoms with Crippen LogP contribution in [-0.4, -0.2) is 49.9 Å². The molecule has 0 saturated carbocycles. The fourth-order valence-electron chi connectivity index (χ4n) is 3.68. The van der Waals surface area contributed by atoms with Gasteiger partial charge in [-0.1, -0.05) is 11.2 Å². The summed E-state index contributed by atoms with van der Waals surface area (Å²) in [6, 6.07) is 5.89. The molecule has 8 heteroatoms. The van der Waals surface area contributed by atoms with Gasteiger partial charge < -0.3 is 9.84 Å². The van der Waals surface area contributed by atoms with Gasteiger partial charge in [0.1, 0.15) is 5.69 Å². The Morgan fingerprint density at radius 1 is 1.34 bits per heavy atom. The van der Waals surface area contributed by atoms with Gasteiger partial charge in [-0.2, -0.15) is 5.10 Å². The van der Waals surface area contributed by atoms with E-state index in [-0.39, 0.29) is 17.7 Å². The molecule has 0 bridgehead atoms. The molecule has 1 aliphatic heterocycles. The largest absolute Gasteiger partial charge is 0.350 e. The highest BCUT2D eigenvalue weighted by molar-refractivity contribution is 5.92. The standard InChI is InChI=1S/C21H26N6O2/c1-3-27-14-18(15(2)24-27)19-11-20(29-25-19)21(28)23-17-6-9-26(10-7-17)13-16-5-4-8-22-12-16/h4-5,8,11-12,14,17H,3,6-7,9-10,13H2,1-2H3,(H,23,28). The molecule has 1 saturated heterocycles. The zero-order chi connectivity index (χ0) is 20.2. The first-order valence-corrected chi connectivity index (χ1v) is 10.1. The van der Waals surface area contributed by atoms with Crippen LogP contribution in [0.15, 0.2) is 41.3 Å². The van der Waals surface area contributed by atoms with Crippen LogP contribution in [0.5, 0.6) is 0 Å². The molecule has 0 aromatic carbocycles. The Morgan fingerprint density at radius 3 is 2.86 bits per heavy atom. The second-order valence-electron chi connectivity index (χ2n) is 7.45. The number of aryl methyl sites for hydroxylation is 2. The maximum absolute atomic E-state index is 12.6. The fourth-order valence-corrected chi connectivity index (χ4v) is 3.68. The van der Waals surface area contributed by atoms with Crippen molar-refractivity contribution in [1.82, 2.24) is 30.1 Å². The molecule has 0 radical (unpaired) electrons. The third kappa shape index (κ3) is 4.54. The first-order valence-electron chi connectivity index (χ1n) is 10.1. The summed E-state index contributed by atoms with van der Waals surface area (Å²) in [6.07, 6.45) is 7.44. The van der Waals surface area contributed by atoms with E-state index in [0.29, 0.717) is 5.69 Å². The SMILES string of the molecule is CCn1cc(-c2cc(C(=O)NC3CCN(Cc4cccnc4)CC3)on2)c(C)n1. The molecule has 0 aliphatic carbocycles. The molecule has 0 atom stereocenters. The van der Waals surface area contributed by atoms with Crippen LogP contribution in [0.25, 0.3) is 11.3 Å². The van der Waals surface area contributed by atoms with E-state index in [9.17, 15) is 4.79 Å². The Balaban J connectivity index is 1.31. The van der Waals surface area contributed by atoms with Crippen LogP contribution in [0.3, 0.4) is 0 Å². The molecule has 4 rings (SSSR count). The zero-order valence-corrected chi connectivity index (χ0v) is 16.8. The summed E-state index contributed by atoms with van der Waals surface area (Å²) in [7, 11) is 0. The second-order valence-corrected chi connectivity index (χ2v) is 7.45. The first-order chi connectivity index (χ1) is 14.1. The number of piperidine rings is 1. The highest BCUT2D eigenvalue weighted by Crippen LogP contribution is 2.22. The van der Waals surface area contributed by atoms with Gasteiger partial charge in [0.05, 0.1) is 5.69 Å². The number of aromatic nitrogens is 4. The summed E-state index contributed by atoms with van der Waals surface area (Å²) in [5.41, 5.74) is 3.61. The number of carbonyl (C=O) groups excluding carboxylic acids is 1. The smallest absolute Gasteiger partial charge is 0.290 e. The predicted molar refractivity (Wildman–Crippen MR) is 108 cm³/mol. The normalized spacial score (nSPS) is 15.5. The van der Waals surface area contributed by atoms with Crippen molar-refractivity contribution in [2.24, 2.45) is 0 Å². The number of nitrogens with one attached hydrogen (secondary N) is 1. The zero-order valence-electron chi connectivity index (χ0n) is 16.8. The predicted octanol–water partition coefficient (Wildman–Crippen LogP) is 2.66. The van der Waals surface area contributed by atoms with Crippen molar-refractivity contribution in [3.05, 3.63) is 53.8 Å². The summed E-state index contributed by atoms with van der Waals surface area (Å²) >= 11 is 0. The number of pyridine rings is 1. The van der Waals surface area contributed by atoms with Gasteiger partial charge in [0.25, 0.3) is 5.91 Å². The van der Waals surface area contributed by atoms with Gasteiger partial charge in [0, 0.05) is 62.4 Å². The van der Waals surface area contributed by atoms with Crippen LogP contribution in [0.2, 0.25) is 0 Å². The number of rotatable bonds is 6. The van der Waals surface area contributed by atoms with Crippen molar-refractivity contribution in [2.75, 3.05) is 13.1 Å². The van der Waals surface area contributed by atoms with Crippen molar-refractivity contribution in [3.63, 3.8) is 0 Å². The van der Waals surface area contributed by atoms with Crippen molar-refractivity contribution < 1.29 is 9.32 Å². The fraction of sp³-hybridized carbons (Fsp3) is 0.429. The third-order valence-corrected chi connectivity index (χ3v) is 5.33. The van der Waals surface area contributed by atoms with Crippen LogP contribution >= 0.6 is 0 Å². The Hall–Kier alpha value is -3.00. The van der Waals surface area contributed by atoms with E-state index in [0.717, 1.165) is 50.3 Å². The quantitative estimate of drug-likeness (QED) is 0.691. The number of hydrogen-bond acceptors (Lipinski definition) is 6. The Bertz CT molecular complexity index is 957. The summed E-state index contributed by atoms with van der Waals surface area (Å²) in [5.74, 6) is 0.0245. The summed E-state index contributed by atoms with van der Waals surface area (Å²) in [4.78, 5) is 19.1. The van der Waals surface area contributed by atoms with Gasteiger partial charge in [-0.15, -0.1) is 0 Å². The van der Waals surface area contributed by atoms with E-state index in [1.165, 1.54) is 5.56 Å². The lowest BCUT2D eigenvalue weighted by molar-refractivity contribution is 0.0872. The lowest BCUT2D eigenvalue weighted by Crippen LogP contribution is -2.44. The van der Waals surface area contributed by atoms with Crippen LogP contribution < -0.4 is 5.32 Å². The Kier molecular flexibility index (Phi) is 5.71. The van der Waals surface area contributed by atoms with E-state index in [2.05, 4.69) is 31.5 Å². The van der Waals surface area contributed by atoms with Gasteiger partial charge in [0.15, 0.2) is 0 Å². The first kappa shape index (κ1) is 19.3. The monoisotopic (exact) mass is 394 g/mol. The van der Waals surface area contributed by atoms with Crippen LogP contribution in [-0.2, 0) is 13.1 Å². The van der Waals surface area contributed by atoms with Crippen molar-refractivity contribution in [3.8, 4) is 11.3 Å². The molecule has 29 heavy (non-hydrogen) atoms. The summed E-state index contributed by atoms with van der Waals surface area (Å²) < 4.78 is 7.15. The number of carbonyl (C=O) groups is 1. The van der Waals surface area contributed by atoms with E-state index >= 15 is 0 Å². The molecule has 1 amide bonds. The minimum atomic E-state index is -0.213. The van der Waals surface area contributed by atoms with Crippen LogP contribution in [0.1, 0.15) is 41.6 Å². The third-order valence-electron chi connectivity index (χ3n) is 5.33. The molecule has 1 fully saturated rings. The van der Waals surface area contributed by atoms with Crippen LogP contribution in [0.4, 0.5) is 0 Å². The van der Waals surface area contributed by atoms with Gasteiger partial charge >= 0.3 is 0 Å². The molecular formula is C21H26N6O2. The lowest BCUT2D eigenvalue weighted by Gasteiger charge is -2.32. The highest BCUT2D eigenvalue weighted by atomic mass is 16.5. The number of nitrogens with zero attached hydrogens (tertiary/aromatic N) is 5. The molecule has 0 unspecified atom stereocenters. The second kappa shape index (κ2) is 8.57. The molecule has 3 aromatic rings.